The molecule has 1 aliphatic rings. The fourth-order valence-electron chi connectivity index (χ4n) is 1.96. The molecule has 1 heterocycles. The summed E-state index contributed by atoms with van der Waals surface area (Å²) < 4.78 is 5.21. The third kappa shape index (κ3) is 3.50. The summed E-state index contributed by atoms with van der Waals surface area (Å²) in [5.74, 6) is 1.15. The molecule has 0 aliphatic carbocycles. The summed E-state index contributed by atoms with van der Waals surface area (Å²) in [4.78, 5) is 4.72. The van der Waals surface area contributed by atoms with Crippen LogP contribution in [0.1, 0.15) is 25.3 Å². The van der Waals surface area contributed by atoms with E-state index < -0.39 is 0 Å². The van der Waals surface area contributed by atoms with E-state index >= 15 is 0 Å². The fraction of sp³-hybridized carbons (Fsp3) is 0.500. The normalized spacial score (nSPS) is 19.4. The maximum atomic E-state index is 5.21. The highest BCUT2D eigenvalue weighted by atomic mass is 32.2. The summed E-state index contributed by atoms with van der Waals surface area (Å²) in [5, 5.41) is 4.47. The van der Waals surface area contributed by atoms with E-state index in [1.54, 1.807) is 18.9 Å². The van der Waals surface area contributed by atoms with Crippen LogP contribution in [0, 0.1) is 0 Å². The molecule has 1 aromatic carbocycles. The van der Waals surface area contributed by atoms with Crippen LogP contribution in [0.3, 0.4) is 0 Å². The van der Waals surface area contributed by atoms with Crippen molar-refractivity contribution in [3.05, 3.63) is 29.8 Å². The van der Waals surface area contributed by atoms with E-state index in [4.69, 9.17) is 9.73 Å². The molecule has 1 N–H and O–H groups in total. The van der Waals surface area contributed by atoms with E-state index in [1.807, 2.05) is 12.1 Å². The second kappa shape index (κ2) is 6.81. The van der Waals surface area contributed by atoms with E-state index in [2.05, 4.69) is 24.4 Å². The number of hydrogen-bond donors (Lipinski definition) is 1. The number of para-hydroxylation sites is 1. The van der Waals surface area contributed by atoms with Crippen molar-refractivity contribution in [2.24, 2.45) is 4.99 Å². The quantitative estimate of drug-likeness (QED) is 0.903. The average molecular weight is 264 g/mol. The van der Waals surface area contributed by atoms with Crippen LogP contribution in [0.2, 0.25) is 0 Å². The first-order chi connectivity index (χ1) is 8.83. The zero-order chi connectivity index (χ0) is 12.8. The predicted octanol–water partition coefficient (Wildman–Crippen LogP) is 3.52. The molecular weight excluding hydrogens is 244 g/mol. The Morgan fingerprint density at radius 1 is 1.44 bits per heavy atom. The van der Waals surface area contributed by atoms with Crippen LogP contribution in [0.25, 0.3) is 0 Å². The highest BCUT2D eigenvalue weighted by Crippen LogP contribution is 2.23. The molecule has 1 unspecified atom stereocenters. The van der Waals surface area contributed by atoms with Crippen LogP contribution >= 0.6 is 11.8 Å². The van der Waals surface area contributed by atoms with Gasteiger partial charge >= 0.3 is 0 Å². The number of nitrogens with zero attached hydrogens (tertiary/aromatic N) is 1. The Labute approximate surface area is 113 Å². The lowest BCUT2D eigenvalue weighted by Gasteiger charge is -2.20. The van der Waals surface area contributed by atoms with Crippen LogP contribution in [-0.2, 0) is 11.3 Å². The lowest BCUT2D eigenvalue weighted by atomic mass is 10.2. The third-order valence-electron chi connectivity index (χ3n) is 3.02. The van der Waals surface area contributed by atoms with Crippen molar-refractivity contribution >= 4 is 22.6 Å². The van der Waals surface area contributed by atoms with Gasteiger partial charge in [-0.1, -0.05) is 36.9 Å². The number of amidine groups is 1. The van der Waals surface area contributed by atoms with Crippen molar-refractivity contribution in [3.63, 3.8) is 0 Å². The minimum atomic E-state index is 0.475. The minimum absolute atomic E-state index is 0.475. The van der Waals surface area contributed by atoms with Gasteiger partial charge in [0.2, 0.25) is 0 Å². The van der Waals surface area contributed by atoms with Crippen LogP contribution in [0.5, 0.6) is 0 Å². The number of benzene rings is 1. The lowest BCUT2D eigenvalue weighted by Crippen LogP contribution is -2.20. The molecule has 3 nitrogen and oxygen atoms in total. The number of anilines is 1. The van der Waals surface area contributed by atoms with Gasteiger partial charge in [0.1, 0.15) is 0 Å². The average Bonchev–Trinajstić information content (AvgIpc) is 2.41. The predicted molar refractivity (Wildman–Crippen MR) is 79.4 cm³/mol. The van der Waals surface area contributed by atoms with Crippen LogP contribution in [0.15, 0.2) is 29.3 Å². The van der Waals surface area contributed by atoms with Gasteiger partial charge in [-0.2, -0.15) is 0 Å². The topological polar surface area (TPSA) is 33.6 Å². The molecule has 1 aliphatic heterocycles. The minimum Gasteiger partial charge on any atom is -0.380 e. The molecule has 0 fully saturated rings. The first kappa shape index (κ1) is 13.4. The maximum Gasteiger partial charge on any atom is 0.161 e. The van der Waals surface area contributed by atoms with Crippen molar-refractivity contribution in [2.45, 2.75) is 32.4 Å². The third-order valence-corrected chi connectivity index (χ3v) is 3.94. The maximum absolute atomic E-state index is 5.21. The molecule has 0 spiro atoms. The molecule has 4 heteroatoms. The van der Waals surface area contributed by atoms with E-state index in [-0.39, 0.29) is 0 Å². The molecule has 0 amide bonds. The second-order valence-corrected chi connectivity index (χ2v) is 5.43. The van der Waals surface area contributed by atoms with Crippen LogP contribution < -0.4 is 5.32 Å². The van der Waals surface area contributed by atoms with Gasteiger partial charge in [0, 0.05) is 24.1 Å². The number of methoxy groups -OCH3 is 1. The molecule has 2 rings (SSSR count). The van der Waals surface area contributed by atoms with Crippen molar-refractivity contribution in [3.8, 4) is 0 Å². The number of nitrogens with one attached hydrogen (secondary N) is 1. The van der Waals surface area contributed by atoms with E-state index in [0.717, 1.165) is 23.0 Å². The Hall–Kier alpha value is -1.00. The van der Waals surface area contributed by atoms with Gasteiger partial charge < -0.3 is 10.1 Å². The summed E-state index contributed by atoms with van der Waals surface area (Å²) in [6.45, 7) is 2.82. The van der Waals surface area contributed by atoms with Gasteiger partial charge in [-0.15, -0.1) is 0 Å². The van der Waals surface area contributed by atoms with Gasteiger partial charge in [0.15, 0.2) is 5.17 Å². The van der Waals surface area contributed by atoms with Gasteiger partial charge in [-0.3, -0.25) is 4.99 Å². The second-order valence-electron chi connectivity index (χ2n) is 4.35. The highest BCUT2D eigenvalue weighted by molar-refractivity contribution is 8.14. The van der Waals surface area contributed by atoms with E-state index in [1.165, 1.54) is 12.0 Å². The number of ether oxygens (including phenoxy) is 1. The lowest BCUT2D eigenvalue weighted by molar-refractivity contribution is 0.185. The number of hydrogen-bond acceptors (Lipinski definition) is 4. The smallest absolute Gasteiger partial charge is 0.161 e. The first-order valence-electron chi connectivity index (χ1n) is 6.38. The van der Waals surface area contributed by atoms with Crippen LogP contribution in [-0.4, -0.2) is 24.1 Å². The number of rotatable bonds is 4. The molecule has 1 aromatic rings. The molecule has 0 saturated heterocycles. The molecule has 18 heavy (non-hydrogen) atoms. The molecular formula is C14H20N2OS. The molecule has 98 valence electrons. The number of thioether (sulfide) groups is 1. The summed E-state index contributed by atoms with van der Waals surface area (Å²) in [5.41, 5.74) is 2.27. The Balaban J connectivity index is 2.11. The Bertz CT molecular complexity index is 420. The molecule has 0 saturated carbocycles. The molecule has 0 bridgehead atoms. The molecule has 0 aromatic heterocycles. The largest absolute Gasteiger partial charge is 0.380 e. The Morgan fingerprint density at radius 2 is 2.28 bits per heavy atom. The van der Waals surface area contributed by atoms with Crippen molar-refractivity contribution < 1.29 is 4.74 Å². The van der Waals surface area contributed by atoms with Crippen molar-refractivity contribution in [2.75, 3.05) is 18.2 Å². The SMILES string of the molecule is CCC1CCSC(Nc2ccccc2COC)=N1. The summed E-state index contributed by atoms with van der Waals surface area (Å²) in [6, 6.07) is 8.70. The van der Waals surface area contributed by atoms with Crippen molar-refractivity contribution in [1.82, 2.24) is 0 Å². The molecule has 1 atom stereocenters. The monoisotopic (exact) mass is 264 g/mol. The summed E-state index contributed by atoms with van der Waals surface area (Å²) >= 11 is 1.80. The number of aliphatic imine (C=N–C) groups is 1. The highest BCUT2D eigenvalue weighted by Gasteiger charge is 2.14. The van der Waals surface area contributed by atoms with E-state index in [0.29, 0.717) is 12.6 Å². The zero-order valence-corrected chi connectivity index (χ0v) is 11.8. The zero-order valence-electron chi connectivity index (χ0n) is 11.0. The van der Waals surface area contributed by atoms with Crippen LogP contribution in [0.4, 0.5) is 5.69 Å². The first-order valence-corrected chi connectivity index (χ1v) is 7.36. The fourth-order valence-corrected chi connectivity index (χ4v) is 2.95. The summed E-state index contributed by atoms with van der Waals surface area (Å²) in [7, 11) is 1.72. The molecule has 0 radical (unpaired) electrons. The van der Waals surface area contributed by atoms with Gasteiger partial charge in [-0.05, 0) is 18.9 Å². The van der Waals surface area contributed by atoms with Crippen molar-refractivity contribution in [1.29, 1.82) is 0 Å². The Kier molecular flexibility index (Phi) is 5.08. The standard InChI is InChI=1S/C14H20N2OS/c1-3-12-8-9-18-14(15-12)16-13-7-5-4-6-11(13)10-17-2/h4-7,12H,3,8-10H2,1-2H3,(H,15,16). The van der Waals surface area contributed by atoms with Gasteiger partial charge in [0.25, 0.3) is 0 Å². The summed E-state index contributed by atoms with van der Waals surface area (Å²) in [6.07, 6.45) is 2.30. The van der Waals surface area contributed by atoms with Gasteiger partial charge in [0.05, 0.1) is 12.6 Å². The van der Waals surface area contributed by atoms with Gasteiger partial charge in [-0.25, -0.2) is 0 Å². The van der Waals surface area contributed by atoms with E-state index in [9.17, 15) is 0 Å². The Morgan fingerprint density at radius 3 is 3.06 bits per heavy atom.